The van der Waals surface area contributed by atoms with E-state index < -0.39 is 5.41 Å². The maximum absolute atomic E-state index is 13.8. The summed E-state index contributed by atoms with van der Waals surface area (Å²) in [4.78, 5) is 31.2. The highest BCUT2D eigenvalue weighted by Crippen LogP contribution is 2.37. The van der Waals surface area contributed by atoms with Crippen LogP contribution in [0, 0.1) is 0 Å². The molecule has 2 heterocycles. The molecule has 1 atom stereocenters. The summed E-state index contributed by atoms with van der Waals surface area (Å²) in [5, 5.41) is 3.12. The lowest BCUT2D eigenvalue weighted by Gasteiger charge is -2.42. The fourth-order valence-corrected chi connectivity index (χ4v) is 6.63. The van der Waals surface area contributed by atoms with Gasteiger partial charge in [0.2, 0.25) is 5.91 Å². The van der Waals surface area contributed by atoms with Crippen molar-refractivity contribution in [1.82, 2.24) is 20.2 Å². The Morgan fingerprint density at radius 3 is 2.02 bits per heavy atom. The number of benzene rings is 3. The van der Waals surface area contributed by atoms with E-state index in [4.69, 9.17) is 23.2 Å². The van der Waals surface area contributed by atoms with E-state index in [1.54, 1.807) is 4.90 Å². The van der Waals surface area contributed by atoms with Gasteiger partial charge in [0.05, 0.1) is 15.5 Å². The summed E-state index contributed by atoms with van der Waals surface area (Å²) in [5.74, 6) is 0.192. The van der Waals surface area contributed by atoms with Gasteiger partial charge in [-0.15, -0.1) is 24.8 Å². The molecule has 2 aliphatic rings. The molecule has 0 aliphatic carbocycles. The molecule has 3 aromatic carbocycles. The third kappa shape index (κ3) is 10.1. The predicted octanol–water partition coefficient (Wildman–Crippen LogP) is 5.59. The number of halogens is 4. The van der Waals surface area contributed by atoms with Gasteiger partial charge in [-0.25, -0.2) is 5.01 Å². The molecule has 0 bridgehead atoms. The van der Waals surface area contributed by atoms with Crippen molar-refractivity contribution < 1.29 is 20.5 Å². The second-order valence-corrected chi connectivity index (χ2v) is 12.5. The Kier molecular flexibility index (Phi) is 17.6. The molecular weight excluding hydrogens is 670 g/mol. The lowest BCUT2D eigenvalue weighted by atomic mass is 9.72. The molecule has 2 fully saturated rings. The van der Waals surface area contributed by atoms with Gasteiger partial charge >= 0.3 is 0 Å². The molecular formula is C34H46Cl4N4O4. The number of likely N-dealkylation sites (N-methyl/N-ethyl adjacent to an activating group) is 1. The minimum Gasteiger partial charge on any atom is -0.412 e. The molecule has 254 valence electrons. The van der Waals surface area contributed by atoms with Crippen LogP contribution in [0.5, 0.6) is 0 Å². The highest BCUT2D eigenvalue weighted by molar-refractivity contribution is 6.42. The maximum Gasteiger partial charge on any atom is 0.253 e. The smallest absolute Gasteiger partial charge is 0.253 e. The molecule has 1 unspecified atom stereocenters. The van der Waals surface area contributed by atoms with E-state index in [0.717, 1.165) is 76.0 Å². The molecule has 2 saturated heterocycles. The van der Waals surface area contributed by atoms with Crippen molar-refractivity contribution in [3.63, 3.8) is 0 Å². The molecule has 0 saturated carbocycles. The number of likely N-dealkylation sites (tertiary alicyclic amines) is 1. The number of carbonyl (C=O) groups excluding carboxylic acids is 2. The fraction of sp³-hybridized carbons (Fsp3) is 0.412. The first-order valence-corrected chi connectivity index (χ1v) is 15.7. The van der Waals surface area contributed by atoms with Gasteiger partial charge in [-0.05, 0) is 87.1 Å². The minimum atomic E-state index is -0.536. The third-order valence-corrected chi connectivity index (χ3v) is 9.65. The molecule has 5 N–H and O–H groups in total. The van der Waals surface area contributed by atoms with Gasteiger partial charge in [-0.2, -0.15) is 0 Å². The zero-order valence-corrected chi connectivity index (χ0v) is 29.2. The van der Waals surface area contributed by atoms with Crippen molar-refractivity contribution in [3.8, 4) is 0 Å². The summed E-state index contributed by atoms with van der Waals surface area (Å²) in [5.41, 5.74) is 5.54. The number of nitrogens with one attached hydrogen (secondary N) is 1. The summed E-state index contributed by atoms with van der Waals surface area (Å²) >= 11 is 12.7. The van der Waals surface area contributed by atoms with Crippen LogP contribution in [-0.2, 0) is 10.2 Å². The third-order valence-electron chi connectivity index (χ3n) is 8.91. The highest BCUT2D eigenvalue weighted by Gasteiger charge is 2.43. The molecule has 5 rings (SSSR count). The highest BCUT2D eigenvalue weighted by atomic mass is 35.5. The zero-order valence-electron chi connectivity index (χ0n) is 26.1. The quantitative estimate of drug-likeness (QED) is 0.294. The van der Waals surface area contributed by atoms with E-state index in [0.29, 0.717) is 22.2 Å². The van der Waals surface area contributed by atoms with Crippen LogP contribution in [0.1, 0.15) is 59.5 Å². The summed E-state index contributed by atoms with van der Waals surface area (Å²) < 4.78 is 0. The first kappa shape index (κ1) is 41.6. The lowest BCUT2D eigenvalue weighted by molar-refractivity contribution is -0.133. The van der Waals surface area contributed by atoms with Crippen LogP contribution in [0.15, 0.2) is 78.9 Å². The van der Waals surface area contributed by atoms with Crippen LogP contribution in [0.3, 0.4) is 0 Å². The van der Waals surface area contributed by atoms with Crippen molar-refractivity contribution >= 4 is 59.8 Å². The van der Waals surface area contributed by atoms with Gasteiger partial charge in [-0.3, -0.25) is 15.0 Å². The average Bonchev–Trinajstić information content (AvgIpc) is 3.54. The van der Waals surface area contributed by atoms with Gasteiger partial charge in [0.25, 0.3) is 5.91 Å². The number of hydrogen-bond acceptors (Lipinski definition) is 4. The van der Waals surface area contributed by atoms with Crippen LogP contribution in [0.25, 0.3) is 0 Å². The van der Waals surface area contributed by atoms with Crippen molar-refractivity contribution in [2.24, 2.45) is 0 Å². The zero-order chi connectivity index (χ0) is 29.5. The predicted molar refractivity (Wildman–Crippen MR) is 192 cm³/mol. The molecule has 0 radical (unpaired) electrons. The van der Waals surface area contributed by atoms with Crippen LogP contribution < -0.4 is 5.43 Å². The number of carbonyl (C=O) groups is 2. The standard InChI is InChI=1S/C34H40Cl2N4O2.2ClH.2H2O/c1-38(32(41)26-10-4-2-5-11-26)25-28(27-14-15-30(35)31(36)24-27)16-21-39-22-17-34(18-23-39,29-12-6-3-7-13-29)33(42)37-40-19-8-9-20-40;;;;/h2-7,10-15,24,28H,8-9,16-23,25H2,1H3,(H,37,42);2*1H;2*1H2. The Morgan fingerprint density at radius 1 is 0.848 bits per heavy atom. The molecule has 0 aromatic heterocycles. The largest absolute Gasteiger partial charge is 0.412 e. The van der Waals surface area contributed by atoms with Gasteiger partial charge in [0.15, 0.2) is 0 Å². The number of piperidine rings is 1. The first-order chi connectivity index (χ1) is 20.4. The van der Waals surface area contributed by atoms with Crippen LogP contribution >= 0.6 is 48.0 Å². The van der Waals surface area contributed by atoms with Crippen LogP contribution in [0.4, 0.5) is 0 Å². The Bertz CT molecular complexity index is 1360. The summed E-state index contributed by atoms with van der Waals surface area (Å²) in [7, 11) is 1.86. The molecule has 3 aromatic rings. The molecule has 12 heteroatoms. The van der Waals surface area contributed by atoms with Gasteiger partial charge in [-0.1, -0.05) is 77.8 Å². The SMILES string of the molecule is CN(CC(CCN1CCC(C(=O)NN2CCCC2)(c2ccccc2)CC1)c1ccc(Cl)c(Cl)c1)C(=O)c1ccccc1.Cl.Cl.O.O. The van der Waals surface area contributed by atoms with Crippen molar-refractivity contribution in [2.75, 3.05) is 46.3 Å². The Labute approximate surface area is 294 Å². The van der Waals surface area contributed by atoms with Gasteiger partial charge in [0, 0.05) is 38.2 Å². The maximum atomic E-state index is 13.8. The monoisotopic (exact) mass is 714 g/mol. The van der Waals surface area contributed by atoms with E-state index >= 15 is 0 Å². The molecule has 0 spiro atoms. The Hall–Kier alpha value is -2.40. The van der Waals surface area contributed by atoms with Gasteiger partial charge < -0.3 is 20.8 Å². The molecule has 2 aliphatic heterocycles. The van der Waals surface area contributed by atoms with E-state index in [2.05, 4.69) is 27.5 Å². The van der Waals surface area contributed by atoms with Crippen molar-refractivity contribution in [1.29, 1.82) is 0 Å². The Balaban J connectivity index is 0.00000264. The number of hydrazine groups is 1. The molecule has 8 nitrogen and oxygen atoms in total. The normalized spacial score (nSPS) is 16.4. The second kappa shape index (κ2) is 19.4. The minimum absolute atomic E-state index is 0. The first-order valence-electron chi connectivity index (χ1n) is 14.9. The van der Waals surface area contributed by atoms with Crippen molar-refractivity contribution in [2.45, 2.75) is 43.4 Å². The Morgan fingerprint density at radius 2 is 1.43 bits per heavy atom. The van der Waals surface area contributed by atoms with Crippen LogP contribution in [-0.4, -0.2) is 83.9 Å². The lowest BCUT2D eigenvalue weighted by Crippen LogP contribution is -2.55. The number of nitrogens with zero attached hydrogens (tertiary/aromatic N) is 3. The number of amides is 2. The fourth-order valence-electron chi connectivity index (χ4n) is 6.32. The van der Waals surface area contributed by atoms with E-state index in [9.17, 15) is 9.59 Å². The van der Waals surface area contributed by atoms with E-state index in [1.807, 2.05) is 73.8 Å². The van der Waals surface area contributed by atoms with Gasteiger partial charge in [0.1, 0.15) is 0 Å². The molecule has 2 amide bonds. The van der Waals surface area contributed by atoms with Crippen LogP contribution in [0.2, 0.25) is 10.0 Å². The summed E-state index contributed by atoms with van der Waals surface area (Å²) in [6.07, 6.45) is 4.63. The van der Waals surface area contributed by atoms with E-state index in [-0.39, 0.29) is 53.5 Å². The number of hydrogen-bond donors (Lipinski definition) is 1. The van der Waals surface area contributed by atoms with E-state index in [1.165, 1.54) is 0 Å². The second-order valence-electron chi connectivity index (χ2n) is 11.6. The average molecular weight is 717 g/mol. The number of rotatable bonds is 10. The molecule has 46 heavy (non-hydrogen) atoms. The summed E-state index contributed by atoms with van der Waals surface area (Å²) in [6.45, 7) is 4.91. The topological polar surface area (TPSA) is 119 Å². The summed E-state index contributed by atoms with van der Waals surface area (Å²) in [6, 6.07) is 25.4. The van der Waals surface area contributed by atoms with Crippen molar-refractivity contribution in [3.05, 3.63) is 106 Å².